The third-order valence-corrected chi connectivity index (χ3v) is 28.1. The number of ether oxygens (including phenoxy) is 8. The highest BCUT2D eigenvalue weighted by Crippen LogP contribution is 2.39. The van der Waals surface area contributed by atoms with E-state index in [1.807, 2.05) is 134 Å². The molecule has 24 rings (SSSR count). The van der Waals surface area contributed by atoms with E-state index in [1.54, 1.807) is 21.3 Å². The molecule has 0 saturated carbocycles. The highest BCUT2D eigenvalue weighted by Gasteiger charge is 2.30. The van der Waals surface area contributed by atoms with Crippen LogP contribution in [0.2, 0.25) is 0 Å². The number of fused-ring (bicyclic) bond motifs is 5. The van der Waals surface area contributed by atoms with E-state index in [-0.39, 0.29) is 5.91 Å². The van der Waals surface area contributed by atoms with Crippen molar-refractivity contribution in [3.05, 3.63) is 380 Å². The maximum absolute atomic E-state index is 13.2. The van der Waals surface area contributed by atoms with E-state index >= 15 is 0 Å². The maximum Gasteiger partial charge on any atom is 0.274 e. The van der Waals surface area contributed by atoms with Crippen LogP contribution in [0.25, 0.3) is 129 Å². The third kappa shape index (κ3) is 24.0. The Morgan fingerprint density at radius 1 is 0.289 bits per heavy atom. The minimum Gasteiger partial charge on any atom is -0.497 e. The number of para-hydroxylation sites is 1. The quantitative estimate of drug-likeness (QED) is 0.0519. The number of benzene rings is 9. The smallest absolute Gasteiger partial charge is 0.274 e. The zero-order valence-electron chi connectivity index (χ0n) is 85.2. The van der Waals surface area contributed by atoms with Crippen LogP contribution in [0, 0.1) is 11.3 Å². The number of carbonyl (C=O) groups excluding carboxylic acids is 1. The third-order valence-electron chi connectivity index (χ3n) is 28.1. The normalized spacial score (nSPS) is 14.8. The van der Waals surface area contributed by atoms with Gasteiger partial charge in [-0.3, -0.25) is 29.3 Å². The lowest BCUT2D eigenvalue weighted by molar-refractivity contribution is 0.0332. The van der Waals surface area contributed by atoms with E-state index in [2.05, 4.69) is 278 Å². The van der Waals surface area contributed by atoms with Crippen molar-refractivity contribution >= 4 is 34.1 Å². The van der Waals surface area contributed by atoms with Gasteiger partial charge in [-0.1, -0.05) is 188 Å². The Kier molecular flexibility index (Phi) is 33.0. The molecule has 0 spiro atoms. The number of methoxy groups -OCH3 is 3. The Labute approximate surface area is 869 Å². The van der Waals surface area contributed by atoms with Gasteiger partial charge in [-0.2, -0.15) is 5.26 Å². The predicted octanol–water partition coefficient (Wildman–Crippen LogP) is 21.2. The van der Waals surface area contributed by atoms with Crippen LogP contribution in [-0.2, 0) is 56.4 Å². The standard InChI is InChI=1S/C25H22N4O.3C25H25N3O2.C23H28N4O2/c26-16-19-5-4-8-21(15-19)25-23(18-28-11-13-30-14-12-28)29-17-22(9-10-24(29)27-25)20-6-2-1-3-7-20;1-29-23-10-6-5-9-21(23)25-22(18-27-13-15-30-16-14-27)28-17-20(11-12-24(28)26-25)19-7-3-2-4-8-19;1-29-22-9-5-8-20(16-22)25-23(18-27-12-14-30-15-13-27)28-17-21(10-11-24(28)26-25)19-6-3-2-4-7-19;1-29-22-10-7-20(8-11-22)25-23(18-27-13-15-30-16-14-27)28-17-21(9-12-24(28)26-25)19-5-3-2-4-6-19;1-3-26(4-2)23(28)22-20(17-25-12-14-29-15-13-25)27-16-19(10-11-21(27)24-22)18-8-6-5-7-9-18/h1-10,15,17H,11-14,18H2;2-12,17H,13-16,18H2,1H3;2-11,16-17H,12-15,18H2,1H3;2-12,17H,13-16,18H2,1H3;5-11,16H,3-4,12-15,17H2,1-2H3. The molecule has 15 heterocycles. The van der Waals surface area contributed by atoms with Gasteiger partial charge in [0.25, 0.3) is 5.91 Å². The number of aromatic nitrogens is 10. The summed E-state index contributed by atoms with van der Waals surface area (Å²) < 4.78 is 55.1. The minimum atomic E-state index is 0.00298. The van der Waals surface area contributed by atoms with Gasteiger partial charge in [-0.25, -0.2) is 24.9 Å². The van der Waals surface area contributed by atoms with Gasteiger partial charge < -0.3 is 64.8 Å². The molecule has 19 aromatic rings. The number of morpholine rings is 5. The fraction of sp³-hybridized carbons (Fsp3) is 0.260. The van der Waals surface area contributed by atoms with Crippen LogP contribution in [0.5, 0.6) is 17.2 Å². The molecule has 0 atom stereocenters. The summed E-state index contributed by atoms with van der Waals surface area (Å²) in [6.45, 7) is 26.1. The van der Waals surface area contributed by atoms with Crippen molar-refractivity contribution in [3.63, 3.8) is 0 Å². The summed E-state index contributed by atoms with van der Waals surface area (Å²) in [5.41, 5.74) is 31.3. The first-order valence-corrected chi connectivity index (χ1v) is 51.5. The molecule has 149 heavy (non-hydrogen) atoms. The number of hydrogen-bond acceptors (Lipinski definition) is 20. The van der Waals surface area contributed by atoms with Crippen molar-refractivity contribution in [3.8, 4) is 124 Å². The molecule has 26 heteroatoms. The molecule has 1 amide bonds. The van der Waals surface area contributed by atoms with Crippen LogP contribution >= 0.6 is 0 Å². The number of carbonyl (C=O) groups is 1. The van der Waals surface area contributed by atoms with Gasteiger partial charge in [0.2, 0.25) is 0 Å². The molecule has 26 nitrogen and oxygen atoms in total. The van der Waals surface area contributed by atoms with E-state index in [9.17, 15) is 10.1 Å². The summed E-state index contributed by atoms with van der Waals surface area (Å²) in [5.74, 6) is 2.53. The molecule has 10 aromatic heterocycles. The molecular formula is C123H125N17O9. The van der Waals surface area contributed by atoms with Crippen LogP contribution in [0.3, 0.4) is 0 Å². The Morgan fingerprint density at radius 2 is 0.577 bits per heavy atom. The molecule has 9 aromatic carbocycles. The van der Waals surface area contributed by atoms with Crippen molar-refractivity contribution in [1.82, 2.24) is 76.3 Å². The number of imidazole rings is 5. The van der Waals surface area contributed by atoms with Gasteiger partial charge >= 0.3 is 0 Å². The number of nitriles is 1. The summed E-state index contributed by atoms with van der Waals surface area (Å²) in [6, 6.07) is 107. The molecule has 0 bridgehead atoms. The second kappa shape index (κ2) is 48.8. The Balaban J connectivity index is 0.000000113. The Morgan fingerprint density at radius 3 is 0.919 bits per heavy atom. The first-order chi connectivity index (χ1) is 73.5. The van der Waals surface area contributed by atoms with Crippen molar-refractivity contribution in [2.75, 3.05) is 166 Å². The fourth-order valence-corrected chi connectivity index (χ4v) is 19.9. The van der Waals surface area contributed by atoms with Crippen molar-refractivity contribution in [2.45, 2.75) is 46.6 Å². The van der Waals surface area contributed by atoms with Gasteiger partial charge in [-0.05, 0) is 191 Å². The average Bonchev–Trinajstić information content (AvgIpc) is 1.64. The largest absolute Gasteiger partial charge is 0.497 e. The van der Waals surface area contributed by atoms with Crippen molar-refractivity contribution in [2.24, 2.45) is 0 Å². The molecule has 5 saturated heterocycles. The molecule has 5 aliphatic heterocycles. The monoisotopic (exact) mass is 1980 g/mol. The summed E-state index contributed by atoms with van der Waals surface area (Å²) in [7, 11) is 5.10. The van der Waals surface area contributed by atoms with E-state index in [4.69, 9.17) is 62.8 Å². The highest BCUT2D eigenvalue weighted by molar-refractivity contribution is 5.94. The topological polar surface area (TPSA) is 221 Å². The average molecular weight is 1990 g/mol. The molecule has 0 unspecified atom stereocenters. The summed E-state index contributed by atoms with van der Waals surface area (Å²) in [5, 5.41) is 9.34. The molecule has 0 radical (unpaired) electrons. The molecule has 5 fully saturated rings. The lowest BCUT2D eigenvalue weighted by Crippen LogP contribution is -2.37. The summed E-state index contributed by atoms with van der Waals surface area (Å²) in [4.78, 5) is 51.8. The second-order valence-electron chi connectivity index (χ2n) is 37.4. The molecule has 0 N–H and O–H groups in total. The number of nitrogens with zero attached hydrogens (tertiary/aromatic N) is 17. The summed E-state index contributed by atoms with van der Waals surface area (Å²) >= 11 is 0. The van der Waals surface area contributed by atoms with Crippen molar-refractivity contribution < 1.29 is 42.7 Å². The fourth-order valence-electron chi connectivity index (χ4n) is 19.9. The zero-order valence-corrected chi connectivity index (χ0v) is 85.2. The molecule has 756 valence electrons. The lowest BCUT2D eigenvalue weighted by atomic mass is 10.1. The van der Waals surface area contributed by atoms with E-state index < -0.39 is 0 Å². The van der Waals surface area contributed by atoms with Gasteiger partial charge in [0.15, 0.2) is 5.69 Å². The Bertz CT molecular complexity index is 7730. The van der Waals surface area contributed by atoms with Gasteiger partial charge in [0.1, 0.15) is 45.5 Å². The first-order valence-electron chi connectivity index (χ1n) is 51.5. The lowest BCUT2D eigenvalue weighted by Gasteiger charge is -2.27. The molecule has 0 aliphatic carbocycles. The van der Waals surface area contributed by atoms with Gasteiger partial charge in [0.05, 0.1) is 150 Å². The van der Waals surface area contributed by atoms with Gasteiger partial charge in [0, 0.05) is 164 Å². The SMILES string of the molecule is CCN(CC)C(=O)c1nc2ccc(-c3ccccc3)cn2c1CN1CCOCC1.COc1ccc(-c2nc3ccc(-c4ccccc4)cn3c2CN2CCOCC2)cc1.COc1cccc(-c2nc3ccc(-c4ccccc4)cn3c2CN2CCOCC2)c1.COc1ccccc1-c1nc2ccc(-c3ccccc3)cn2c1CN1CCOCC1.N#Cc1cccc(-c2nc3ccc(-c4ccccc4)cn3c2CN2CCOCC2)c1. The molecule has 5 aliphatic rings. The first kappa shape index (κ1) is 101. The van der Waals surface area contributed by atoms with Gasteiger partial charge in [-0.15, -0.1) is 0 Å². The predicted molar refractivity (Wildman–Crippen MR) is 587 cm³/mol. The van der Waals surface area contributed by atoms with E-state index in [1.165, 1.54) is 56.0 Å². The molecular weight excluding hydrogens is 1860 g/mol. The number of amides is 1. The van der Waals surface area contributed by atoms with E-state index in [0.717, 1.165) is 276 Å². The van der Waals surface area contributed by atoms with Crippen LogP contribution in [-0.4, -0.2) is 248 Å². The highest BCUT2D eigenvalue weighted by atomic mass is 16.5. The van der Waals surface area contributed by atoms with Crippen LogP contribution < -0.4 is 14.2 Å². The van der Waals surface area contributed by atoms with Crippen molar-refractivity contribution in [1.29, 1.82) is 5.26 Å². The van der Waals surface area contributed by atoms with Crippen LogP contribution in [0.1, 0.15) is 58.4 Å². The Hall–Kier alpha value is -15.6. The summed E-state index contributed by atoms with van der Waals surface area (Å²) in [6.07, 6.45) is 10.9. The maximum atomic E-state index is 13.2. The zero-order chi connectivity index (χ0) is 102. The number of rotatable bonds is 25. The minimum absolute atomic E-state index is 0.00298. The van der Waals surface area contributed by atoms with Crippen LogP contribution in [0.15, 0.2) is 340 Å². The van der Waals surface area contributed by atoms with E-state index in [0.29, 0.717) is 30.9 Å². The number of hydrogen-bond donors (Lipinski definition) is 0. The second-order valence-corrected chi connectivity index (χ2v) is 37.4. The van der Waals surface area contributed by atoms with Crippen LogP contribution in [0.4, 0.5) is 0 Å². The number of pyridine rings is 5.